The number of aliphatic carboxylic acids is 1. The zero-order valence-corrected chi connectivity index (χ0v) is 25.3. The third-order valence-electron chi connectivity index (χ3n) is 8.87. The number of carbonyl (C=O) groups excluding carboxylic acids is 1. The molecule has 6 atom stereocenters. The van der Waals surface area contributed by atoms with Crippen LogP contribution in [0.25, 0.3) is 0 Å². The molecule has 0 spiro atoms. The summed E-state index contributed by atoms with van der Waals surface area (Å²) >= 11 is 0. The highest BCUT2D eigenvalue weighted by atomic mass is 16.5. The van der Waals surface area contributed by atoms with Gasteiger partial charge in [0, 0.05) is 39.5 Å². The highest BCUT2D eigenvalue weighted by Crippen LogP contribution is 2.42. The quantitative estimate of drug-likeness (QED) is 0.311. The van der Waals surface area contributed by atoms with Crippen molar-refractivity contribution in [2.24, 2.45) is 17.8 Å². The Morgan fingerprint density at radius 1 is 1.14 bits per heavy atom. The molecule has 1 saturated carbocycles. The van der Waals surface area contributed by atoms with E-state index in [9.17, 15) is 24.9 Å². The summed E-state index contributed by atoms with van der Waals surface area (Å²) in [6.45, 7) is 8.23. The highest BCUT2D eigenvalue weighted by Gasteiger charge is 2.38. The van der Waals surface area contributed by atoms with E-state index in [1.165, 1.54) is 11.1 Å². The van der Waals surface area contributed by atoms with Crippen molar-refractivity contribution in [1.82, 2.24) is 4.90 Å². The Labute approximate surface area is 249 Å². The van der Waals surface area contributed by atoms with Gasteiger partial charge in [0.2, 0.25) is 5.91 Å². The maximum Gasteiger partial charge on any atom is 0.337 e. The first-order valence-corrected chi connectivity index (χ1v) is 15.2. The Kier molecular flexibility index (Phi) is 10.7. The molecule has 1 heterocycles. The highest BCUT2D eigenvalue weighted by molar-refractivity contribution is 5.75. The van der Waals surface area contributed by atoms with Gasteiger partial charge in [-0.3, -0.25) is 4.79 Å². The number of hydrogen-bond acceptors (Lipinski definition) is 6. The van der Waals surface area contributed by atoms with Gasteiger partial charge in [-0.25, -0.2) is 4.79 Å². The maximum absolute atomic E-state index is 11.6. The van der Waals surface area contributed by atoms with Crippen LogP contribution in [0.2, 0.25) is 0 Å². The van der Waals surface area contributed by atoms with Crippen molar-refractivity contribution in [3.8, 4) is 5.75 Å². The Morgan fingerprint density at radius 2 is 1.90 bits per heavy atom. The van der Waals surface area contributed by atoms with Crippen LogP contribution in [0.15, 0.2) is 54.6 Å². The Hall–Kier alpha value is -3.36. The fraction of sp³-hybridized carbons (Fsp3) is 0.529. The fourth-order valence-corrected chi connectivity index (χ4v) is 6.24. The smallest absolute Gasteiger partial charge is 0.337 e. The Balaban J connectivity index is 1.57. The molecule has 2 aromatic carbocycles. The zero-order valence-electron chi connectivity index (χ0n) is 25.3. The van der Waals surface area contributed by atoms with Crippen LogP contribution < -0.4 is 9.64 Å². The summed E-state index contributed by atoms with van der Waals surface area (Å²) in [7, 11) is 1.78. The van der Waals surface area contributed by atoms with Gasteiger partial charge in [0.25, 0.3) is 0 Å². The van der Waals surface area contributed by atoms with Gasteiger partial charge in [0.1, 0.15) is 5.75 Å². The molecule has 228 valence electrons. The number of carboxylic acids is 1. The molecule has 1 amide bonds. The first-order valence-electron chi connectivity index (χ1n) is 15.2. The number of carboxylic acid groups (broad SMARTS) is 1. The van der Waals surface area contributed by atoms with Crippen molar-refractivity contribution >= 4 is 17.6 Å². The van der Waals surface area contributed by atoms with Gasteiger partial charge in [-0.2, -0.15) is 0 Å². The van der Waals surface area contributed by atoms with E-state index < -0.39 is 18.2 Å². The molecular formula is C34H46N2O6. The Morgan fingerprint density at radius 3 is 2.57 bits per heavy atom. The molecule has 5 unspecified atom stereocenters. The molecule has 8 heteroatoms. The van der Waals surface area contributed by atoms with Gasteiger partial charge in [0.05, 0.1) is 18.4 Å². The van der Waals surface area contributed by atoms with E-state index in [0.717, 1.165) is 31.4 Å². The number of aliphatic hydroxyl groups excluding tert-OH is 2. The van der Waals surface area contributed by atoms with Crippen LogP contribution in [0, 0.1) is 17.8 Å². The van der Waals surface area contributed by atoms with Crippen molar-refractivity contribution in [2.75, 3.05) is 38.2 Å². The van der Waals surface area contributed by atoms with Crippen LogP contribution in [0.5, 0.6) is 5.75 Å². The van der Waals surface area contributed by atoms with Crippen LogP contribution in [0.4, 0.5) is 5.69 Å². The molecule has 2 aromatic rings. The first kappa shape index (κ1) is 31.6. The van der Waals surface area contributed by atoms with Crippen LogP contribution >= 0.6 is 0 Å². The van der Waals surface area contributed by atoms with E-state index >= 15 is 0 Å². The topological polar surface area (TPSA) is 111 Å². The number of ether oxygens (including phenoxy) is 1. The molecular weight excluding hydrogens is 532 g/mol. The molecule has 1 aliphatic heterocycles. The minimum atomic E-state index is -1.62. The molecule has 3 N–H and O–H groups in total. The average molecular weight is 579 g/mol. The van der Waals surface area contributed by atoms with E-state index in [4.69, 9.17) is 4.74 Å². The van der Waals surface area contributed by atoms with Crippen LogP contribution in [-0.4, -0.2) is 71.5 Å². The number of aliphatic hydroxyl groups is 2. The molecule has 8 nitrogen and oxygen atoms in total. The largest absolute Gasteiger partial charge is 0.491 e. The van der Waals surface area contributed by atoms with E-state index in [0.29, 0.717) is 37.6 Å². The predicted molar refractivity (Wildman–Crippen MR) is 164 cm³/mol. The third kappa shape index (κ3) is 7.53. The number of benzene rings is 2. The lowest BCUT2D eigenvalue weighted by Gasteiger charge is -2.42. The standard InChI is InChI=1S/C34H46N2O6/c1-5-8-24-9-6-7-10-28(24)27-20-36(30-17-25(33(39)34(40)41)13-16-32(30)42-21-27)19-26-12-14-29(26)31(38)15-11-22(2)18-35(4)23(3)37/h6-7,9-11,13,15-17,22,26-27,29,31,33,38-39H,5,8,12,14,18-21H2,1-4H3,(H,40,41)/b15-11+/t22?,26?,27-,29?,31?,33?/m1/s1. The van der Waals surface area contributed by atoms with Crippen molar-refractivity contribution in [3.63, 3.8) is 0 Å². The van der Waals surface area contributed by atoms with Gasteiger partial charge < -0.3 is 29.9 Å². The summed E-state index contributed by atoms with van der Waals surface area (Å²) in [5.74, 6) is -0.0197. The van der Waals surface area contributed by atoms with Crippen molar-refractivity contribution < 1.29 is 29.6 Å². The Bertz CT molecular complexity index is 1260. The number of amides is 1. The summed E-state index contributed by atoms with van der Waals surface area (Å²) in [5.41, 5.74) is 3.67. The molecule has 2 aliphatic rings. The number of carbonyl (C=O) groups is 2. The minimum absolute atomic E-state index is 0.0196. The lowest BCUT2D eigenvalue weighted by Crippen LogP contribution is -2.44. The van der Waals surface area contributed by atoms with Gasteiger partial charge >= 0.3 is 5.97 Å². The van der Waals surface area contributed by atoms with Gasteiger partial charge in [-0.05, 0) is 65.8 Å². The average Bonchev–Trinajstić information content (AvgIpc) is 3.13. The fourth-order valence-electron chi connectivity index (χ4n) is 6.24. The summed E-state index contributed by atoms with van der Waals surface area (Å²) in [5, 5.41) is 30.8. The minimum Gasteiger partial charge on any atom is -0.491 e. The predicted octanol–water partition coefficient (Wildman–Crippen LogP) is 4.80. The first-order chi connectivity index (χ1) is 20.1. The molecule has 4 rings (SSSR count). The van der Waals surface area contributed by atoms with Crippen LogP contribution in [-0.2, 0) is 16.0 Å². The second kappa shape index (κ2) is 14.2. The molecule has 0 radical (unpaired) electrons. The monoisotopic (exact) mass is 578 g/mol. The number of aryl methyl sites for hydroxylation is 1. The second-order valence-electron chi connectivity index (χ2n) is 12.1. The van der Waals surface area contributed by atoms with E-state index in [-0.39, 0.29) is 29.6 Å². The normalized spacial score (nSPS) is 22.3. The second-order valence-corrected chi connectivity index (χ2v) is 12.1. The van der Waals surface area contributed by atoms with E-state index in [1.54, 1.807) is 37.1 Å². The maximum atomic E-state index is 11.6. The van der Waals surface area contributed by atoms with Gasteiger partial charge in [0.15, 0.2) is 6.10 Å². The number of anilines is 1. The number of fused-ring (bicyclic) bond motifs is 1. The molecule has 0 aromatic heterocycles. The number of rotatable bonds is 12. The lowest BCUT2D eigenvalue weighted by atomic mass is 9.70. The van der Waals surface area contributed by atoms with Crippen LogP contribution in [0.3, 0.4) is 0 Å². The molecule has 1 aliphatic carbocycles. The number of nitrogens with zero attached hydrogens (tertiary/aromatic N) is 2. The van der Waals surface area contributed by atoms with Crippen LogP contribution in [0.1, 0.15) is 68.7 Å². The third-order valence-corrected chi connectivity index (χ3v) is 8.87. The number of hydrogen-bond donors (Lipinski definition) is 3. The van der Waals surface area contributed by atoms with E-state index in [2.05, 4.69) is 36.1 Å². The van der Waals surface area contributed by atoms with E-state index in [1.807, 2.05) is 19.1 Å². The molecule has 0 bridgehead atoms. The molecule has 1 fully saturated rings. The van der Waals surface area contributed by atoms with Gasteiger partial charge in [-0.15, -0.1) is 0 Å². The van der Waals surface area contributed by atoms with Crippen molar-refractivity contribution in [2.45, 2.75) is 64.6 Å². The summed E-state index contributed by atoms with van der Waals surface area (Å²) in [6.07, 6.45) is 5.61. The van der Waals surface area contributed by atoms with Crippen molar-refractivity contribution in [3.05, 3.63) is 71.3 Å². The molecule has 42 heavy (non-hydrogen) atoms. The zero-order chi connectivity index (χ0) is 30.4. The summed E-state index contributed by atoms with van der Waals surface area (Å²) in [4.78, 5) is 27.1. The van der Waals surface area contributed by atoms with Crippen molar-refractivity contribution in [1.29, 1.82) is 0 Å². The lowest BCUT2D eigenvalue weighted by molar-refractivity contribution is -0.147. The molecule has 0 saturated heterocycles. The van der Waals surface area contributed by atoms with Gasteiger partial charge in [-0.1, -0.05) is 62.8 Å². The summed E-state index contributed by atoms with van der Waals surface area (Å²) in [6, 6.07) is 13.6. The SMILES string of the molecule is CCCc1ccccc1[C@H]1COc2ccc(C(O)C(=O)O)cc2N(CC2CCC2C(O)/C=C/C(C)CN(C)C(C)=O)C1. The summed E-state index contributed by atoms with van der Waals surface area (Å²) < 4.78 is 6.34.